The van der Waals surface area contributed by atoms with Crippen LogP contribution < -0.4 is 4.90 Å². The fourth-order valence-electron chi connectivity index (χ4n) is 2.38. The van der Waals surface area contributed by atoms with E-state index in [9.17, 15) is 4.79 Å². The van der Waals surface area contributed by atoms with Crippen LogP contribution in [0.15, 0.2) is 24.3 Å². The molecule has 2 nitrogen and oxygen atoms in total. The zero-order valence-corrected chi connectivity index (χ0v) is 12.3. The van der Waals surface area contributed by atoms with E-state index >= 15 is 0 Å². The lowest BCUT2D eigenvalue weighted by atomic mass is 9.77. The van der Waals surface area contributed by atoms with Gasteiger partial charge in [0.25, 0.3) is 0 Å². The first kappa shape index (κ1) is 14.7. The predicted molar refractivity (Wildman–Crippen MR) is 78.1 cm³/mol. The van der Waals surface area contributed by atoms with Crippen molar-refractivity contribution in [2.45, 2.75) is 52.9 Å². The molecule has 0 unspecified atom stereocenters. The number of rotatable bonds is 1. The van der Waals surface area contributed by atoms with Crippen LogP contribution in [0.1, 0.15) is 53.0 Å². The Hall–Kier alpha value is -1.31. The zero-order valence-electron chi connectivity index (χ0n) is 12.3. The van der Waals surface area contributed by atoms with E-state index in [0.717, 1.165) is 18.7 Å². The monoisotopic (exact) mass is 247 g/mol. The van der Waals surface area contributed by atoms with Gasteiger partial charge in [-0.25, -0.2) is 0 Å². The van der Waals surface area contributed by atoms with Crippen molar-refractivity contribution in [2.75, 3.05) is 11.4 Å². The smallest absolute Gasteiger partial charge is 0.226 e. The average Bonchev–Trinajstić information content (AvgIpc) is 2.40. The van der Waals surface area contributed by atoms with E-state index < -0.39 is 0 Å². The first-order chi connectivity index (χ1) is 8.56. The molecule has 0 N–H and O–H groups in total. The van der Waals surface area contributed by atoms with Crippen molar-refractivity contribution >= 4 is 11.6 Å². The molecule has 18 heavy (non-hydrogen) atoms. The van der Waals surface area contributed by atoms with Crippen molar-refractivity contribution in [3.05, 3.63) is 29.8 Å². The van der Waals surface area contributed by atoms with E-state index in [-0.39, 0.29) is 11.3 Å². The number of nitrogens with zero attached hydrogens (tertiary/aromatic N) is 1. The van der Waals surface area contributed by atoms with Gasteiger partial charge in [-0.3, -0.25) is 4.79 Å². The van der Waals surface area contributed by atoms with Crippen LogP contribution in [0.25, 0.3) is 0 Å². The fraction of sp³-hybridized carbons (Fsp3) is 0.562. The van der Waals surface area contributed by atoms with Gasteiger partial charge in [-0.1, -0.05) is 52.8 Å². The van der Waals surface area contributed by atoms with Crippen molar-refractivity contribution in [2.24, 2.45) is 0 Å². The van der Waals surface area contributed by atoms with Gasteiger partial charge in [0, 0.05) is 18.7 Å². The summed E-state index contributed by atoms with van der Waals surface area (Å²) < 4.78 is 0. The number of anilines is 1. The van der Waals surface area contributed by atoms with Gasteiger partial charge >= 0.3 is 0 Å². The van der Waals surface area contributed by atoms with Gasteiger partial charge < -0.3 is 4.90 Å². The van der Waals surface area contributed by atoms with Gasteiger partial charge in [-0.05, 0) is 23.5 Å². The number of para-hydroxylation sites is 1. The summed E-state index contributed by atoms with van der Waals surface area (Å²) in [4.78, 5) is 13.8. The van der Waals surface area contributed by atoms with E-state index in [2.05, 4.69) is 32.0 Å². The third-order valence-corrected chi connectivity index (χ3v) is 3.49. The zero-order chi connectivity index (χ0) is 13.8. The molecule has 1 aliphatic heterocycles. The maximum absolute atomic E-state index is 11.9. The Bertz CT molecular complexity index is 409. The second kappa shape index (κ2) is 6.03. The Morgan fingerprint density at radius 2 is 1.89 bits per heavy atom. The number of carbonyl (C=O) groups excluding carboxylic acids is 1. The molecule has 0 atom stereocenters. The van der Waals surface area contributed by atoms with Crippen molar-refractivity contribution in [3.63, 3.8) is 0 Å². The second-order valence-electron chi connectivity index (χ2n) is 5.05. The lowest BCUT2D eigenvalue weighted by Crippen LogP contribution is -2.40. The summed E-state index contributed by atoms with van der Waals surface area (Å²) in [6.07, 6.45) is 1.62. The number of hydrogen-bond donors (Lipinski definition) is 0. The van der Waals surface area contributed by atoms with Gasteiger partial charge in [0.2, 0.25) is 5.91 Å². The van der Waals surface area contributed by atoms with Crippen LogP contribution in [0, 0.1) is 0 Å². The molecule has 0 aliphatic carbocycles. The summed E-state index contributed by atoms with van der Waals surface area (Å²) in [6.45, 7) is 11.3. The molecule has 0 saturated carbocycles. The van der Waals surface area contributed by atoms with E-state index in [4.69, 9.17) is 0 Å². The highest BCUT2D eigenvalue weighted by Crippen LogP contribution is 2.39. The summed E-state index contributed by atoms with van der Waals surface area (Å²) in [6, 6.07) is 8.27. The standard InChI is InChI=1S/C14H19NO.C2H6/c1-4-13(16)15-10-9-14(2,3)11-7-5-6-8-12(11)15;1-2/h5-8H,4,9-10H2,1-3H3;1-2H3. The number of hydrogen-bond acceptors (Lipinski definition) is 1. The molecule has 0 spiro atoms. The molecular formula is C16H25NO. The van der Waals surface area contributed by atoms with Crippen molar-refractivity contribution in [1.29, 1.82) is 0 Å². The SMILES string of the molecule is CC.CCC(=O)N1CCC(C)(C)c2ccccc21. The van der Waals surface area contributed by atoms with Gasteiger partial charge in [-0.15, -0.1) is 0 Å². The van der Waals surface area contributed by atoms with Gasteiger partial charge in [0.1, 0.15) is 0 Å². The minimum absolute atomic E-state index is 0.182. The Labute approximate surface area is 111 Å². The lowest BCUT2D eigenvalue weighted by molar-refractivity contribution is -0.118. The van der Waals surface area contributed by atoms with Crippen LogP contribution in [0.4, 0.5) is 5.69 Å². The lowest BCUT2D eigenvalue weighted by Gasteiger charge is -2.39. The summed E-state index contributed by atoms with van der Waals surface area (Å²) in [7, 11) is 0. The Morgan fingerprint density at radius 3 is 2.50 bits per heavy atom. The number of carbonyl (C=O) groups is 1. The molecule has 2 rings (SSSR count). The third-order valence-electron chi connectivity index (χ3n) is 3.49. The maximum atomic E-state index is 11.9. The molecule has 2 heteroatoms. The van der Waals surface area contributed by atoms with Crippen LogP contribution in [-0.4, -0.2) is 12.5 Å². The topological polar surface area (TPSA) is 20.3 Å². The van der Waals surface area contributed by atoms with Crippen molar-refractivity contribution < 1.29 is 4.79 Å². The minimum Gasteiger partial charge on any atom is -0.312 e. The molecule has 0 saturated heterocycles. The summed E-state index contributed by atoms with van der Waals surface area (Å²) in [5.74, 6) is 0.225. The van der Waals surface area contributed by atoms with Crippen LogP contribution in [0.2, 0.25) is 0 Å². The second-order valence-corrected chi connectivity index (χ2v) is 5.05. The average molecular weight is 247 g/mol. The van der Waals surface area contributed by atoms with Gasteiger partial charge in [0.15, 0.2) is 0 Å². The van der Waals surface area contributed by atoms with E-state index in [0.29, 0.717) is 6.42 Å². The van der Waals surface area contributed by atoms with Gasteiger partial charge in [0.05, 0.1) is 0 Å². The minimum atomic E-state index is 0.182. The Morgan fingerprint density at radius 1 is 1.28 bits per heavy atom. The van der Waals surface area contributed by atoms with E-state index in [1.165, 1.54) is 5.56 Å². The molecule has 1 aromatic carbocycles. The fourth-order valence-corrected chi connectivity index (χ4v) is 2.38. The normalized spacial score (nSPS) is 16.4. The number of fused-ring (bicyclic) bond motifs is 1. The molecular weight excluding hydrogens is 222 g/mol. The first-order valence-corrected chi connectivity index (χ1v) is 6.96. The Kier molecular flexibility index (Phi) is 4.94. The molecule has 1 heterocycles. The van der Waals surface area contributed by atoms with Crippen LogP contribution in [0.3, 0.4) is 0 Å². The Balaban J connectivity index is 0.000000771. The van der Waals surface area contributed by atoms with Crippen LogP contribution in [-0.2, 0) is 10.2 Å². The molecule has 0 fully saturated rings. The molecule has 0 aromatic heterocycles. The van der Waals surface area contributed by atoms with Crippen molar-refractivity contribution in [1.82, 2.24) is 0 Å². The molecule has 1 amide bonds. The third kappa shape index (κ3) is 2.74. The summed E-state index contributed by atoms with van der Waals surface area (Å²) in [5.41, 5.74) is 2.58. The summed E-state index contributed by atoms with van der Waals surface area (Å²) >= 11 is 0. The first-order valence-electron chi connectivity index (χ1n) is 6.96. The number of amides is 1. The highest BCUT2D eigenvalue weighted by Gasteiger charge is 2.32. The molecule has 100 valence electrons. The van der Waals surface area contributed by atoms with E-state index in [1.807, 2.05) is 31.7 Å². The molecule has 1 aliphatic rings. The van der Waals surface area contributed by atoms with Gasteiger partial charge in [-0.2, -0.15) is 0 Å². The van der Waals surface area contributed by atoms with E-state index in [1.54, 1.807) is 0 Å². The predicted octanol–water partition coefficient (Wildman–Crippen LogP) is 4.14. The highest BCUT2D eigenvalue weighted by molar-refractivity contribution is 5.94. The van der Waals surface area contributed by atoms with Crippen molar-refractivity contribution in [3.8, 4) is 0 Å². The molecule has 0 bridgehead atoms. The summed E-state index contributed by atoms with van der Waals surface area (Å²) in [5, 5.41) is 0. The quantitative estimate of drug-likeness (QED) is 0.730. The maximum Gasteiger partial charge on any atom is 0.226 e. The van der Waals surface area contributed by atoms with Crippen LogP contribution >= 0.6 is 0 Å². The molecule has 0 radical (unpaired) electrons. The van der Waals surface area contributed by atoms with Crippen LogP contribution in [0.5, 0.6) is 0 Å². The highest BCUT2D eigenvalue weighted by atomic mass is 16.2. The largest absolute Gasteiger partial charge is 0.312 e. The molecule has 1 aromatic rings. The number of benzene rings is 1.